The summed E-state index contributed by atoms with van der Waals surface area (Å²) >= 11 is 0. The molecule has 6 heteroatoms. The Hall–Kier alpha value is -0.970. The van der Waals surface area contributed by atoms with Gasteiger partial charge in [-0.1, -0.05) is 0 Å². The molecule has 4 nitrogen and oxygen atoms in total. The smallest absolute Gasteiger partial charge is 0.251 e. The predicted octanol–water partition coefficient (Wildman–Crippen LogP) is 2.99. The summed E-state index contributed by atoms with van der Waals surface area (Å²) in [7, 11) is 0. The number of amides is 1. The zero-order chi connectivity index (χ0) is 14.7. The molecule has 1 heterocycles. The molecule has 1 aromatic rings. The normalized spacial score (nSPS) is 18.4. The maximum absolute atomic E-state index is 12.1. The minimum Gasteiger partial charge on any atom is -0.372 e. The number of hydrogen-bond acceptors (Lipinski definition) is 3. The van der Waals surface area contributed by atoms with Crippen LogP contribution < -0.4 is 16.0 Å². The maximum Gasteiger partial charge on any atom is 0.251 e. The Balaban J connectivity index is 0.00000132. The molecular formula is C17H27Cl2N3O. The number of piperidine rings is 1. The van der Waals surface area contributed by atoms with Gasteiger partial charge in [0.25, 0.3) is 5.91 Å². The van der Waals surface area contributed by atoms with E-state index in [0.717, 1.165) is 18.7 Å². The van der Waals surface area contributed by atoms with E-state index in [4.69, 9.17) is 5.73 Å². The molecule has 3 rings (SSSR count). The molecule has 130 valence electrons. The van der Waals surface area contributed by atoms with E-state index in [1.807, 2.05) is 12.1 Å². The summed E-state index contributed by atoms with van der Waals surface area (Å²) in [6.07, 6.45) is 6.28. The molecule has 1 atom stereocenters. The zero-order valence-electron chi connectivity index (χ0n) is 13.4. The van der Waals surface area contributed by atoms with Gasteiger partial charge in [-0.05, 0) is 62.3 Å². The summed E-state index contributed by atoms with van der Waals surface area (Å²) in [6.45, 7) is 2.83. The monoisotopic (exact) mass is 359 g/mol. The minimum absolute atomic E-state index is 0. The lowest BCUT2D eigenvalue weighted by atomic mass is 10.1. The lowest BCUT2D eigenvalue weighted by Gasteiger charge is -2.28. The van der Waals surface area contributed by atoms with Crippen LogP contribution in [0.25, 0.3) is 0 Å². The number of hydrogen-bond donors (Lipinski definition) is 2. The van der Waals surface area contributed by atoms with Crippen LogP contribution >= 0.6 is 24.8 Å². The molecule has 0 aromatic heterocycles. The molecule has 1 aliphatic carbocycles. The second-order valence-electron chi connectivity index (χ2n) is 6.31. The number of rotatable bonds is 5. The Morgan fingerprint density at radius 1 is 1.13 bits per heavy atom. The van der Waals surface area contributed by atoms with Crippen molar-refractivity contribution in [3.8, 4) is 0 Å². The average molecular weight is 360 g/mol. The predicted molar refractivity (Wildman–Crippen MR) is 100 cm³/mol. The maximum atomic E-state index is 12.1. The highest BCUT2D eigenvalue weighted by Crippen LogP contribution is 2.31. The number of nitrogens with one attached hydrogen (secondary N) is 1. The fraction of sp³-hybridized carbons (Fsp3) is 0.588. The van der Waals surface area contributed by atoms with E-state index < -0.39 is 0 Å². The van der Waals surface area contributed by atoms with Crippen LogP contribution in [0.5, 0.6) is 0 Å². The number of carbonyl (C=O) groups excluding carboxylic acids is 1. The quantitative estimate of drug-likeness (QED) is 0.849. The van der Waals surface area contributed by atoms with Crippen molar-refractivity contribution < 1.29 is 4.79 Å². The van der Waals surface area contributed by atoms with Crippen LogP contribution in [0, 0.1) is 5.92 Å². The summed E-state index contributed by atoms with van der Waals surface area (Å²) in [4.78, 5) is 14.5. The average Bonchev–Trinajstić information content (AvgIpc) is 3.38. The van der Waals surface area contributed by atoms with E-state index in [1.54, 1.807) is 0 Å². The standard InChI is InChI=1S/C17H25N3O.2ClH/c18-16(13-4-5-13)12-19-17(21)14-6-8-15(9-7-14)20-10-2-1-3-11-20;;/h6-9,13,16H,1-5,10-12,18H2,(H,19,21);2*1H. The third kappa shape index (κ3) is 5.55. The molecule has 23 heavy (non-hydrogen) atoms. The first-order chi connectivity index (χ1) is 10.2. The van der Waals surface area contributed by atoms with Crippen LogP contribution in [0.2, 0.25) is 0 Å². The van der Waals surface area contributed by atoms with Crippen molar-refractivity contribution >= 4 is 36.4 Å². The number of anilines is 1. The van der Waals surface area contributed by atoms with E-state index in [1.165, 1.54) is 37.8 Å². The van der Waals surface area contributed by atoms with Crippen molar-refractivity contribution in [2.24, 2.45) is 11.7 Å². The highest BCUT2D eigenvalue weighted by Gasteiger charge is 2.28. The van der Waals surface area contributed by atoms with E-state index in [-0.39, 0.29) is 36.8 Å². The number of carbonyl (C=O) groups is 1. The summed E-state index contributed by atoms with van der Waals surface area (Å²) in [5.41, 5.74) is 7.95. The van der Waals surface area contributed by atoms with E-state index in [0.29, 0.717) is 12.5 Å². The molecular weight excluding hydrogens is 333 g/mol. The molecule has 3 N–H and O–H groups in total. The van der Waals surface area contributed by atoms with E-state index >= 15 is 0 Å². The van der Waals surface area contributed by atoms with Crippen molar-refractivity contribution in [2.75, 3.05) is 24.5 Å². The van der Waals surface area contributed by atoms with Crippen molar-refractivity contribution in [1.82, 2.24) is 5.32 Å². The Bertz CT molecular complexity index is 485. The van der Waals surface area contributed by atoms with Crippen molar-refractivity contribution in [3.63, 3.8) is 0 Å². The minimum atomic E-state index is -0.0173. The molecule has 1 aliphatic heterocycles. The highest BCUT2D eigenvalue weighted by molar-refractivity contribution is 5.94. The molecule has 1 saturated heterocycles. The zero-order valence-corrected chi connectivity index (χ0v) is 15.0. The summed E-state index contributed by atoms with van der Waals surface area (Å²) < 4.78 is 0. The van der Waals surface area contributed by atoms with E-state index in [2.05, 4.69) is 22.3 Å². The van der Waals surface area contributed by atoms with Crippen LogP contribution in [-0.4, -0.2) is 31.6 Å². The first kappa shape index (κ1) is 20.1. The summed E-state index contributed by atoms with van der Waals surface area (Å²) in [5.74, 6) is 0.600. The Morgan fingerprint density at radius 2 is 1.74 bits per heavy atom. The summed E-state index contributed by atoms with van der Waals surface area (Å²) in [5, 5.41) is 2.94. The third-order valence-electron chi connectivity index (χ3n) is 4.58. The number of benzene rings is 1. The van der Waals surface area contributed by atoms with Gasteiger partial charge in [-0.3, -0.25) is 4.79 Å². The van der Waals surface area contributed by atoms with Gasteiger partial charge in [0.2, 0.25) is 0 Å². The SMILES string of the molecule is Cl.Cl.NC(CNC(=O)c1ccc(N2CCCCC2)cc1)C1CC1. The van der Waals surface area contributed by atoms with Crippen LogP contribution in [0.15, 0.2) is 24.3 Å². The largest absolute Gasteiger partial charge is 0.372 e. The molecule has 0 radical (unpaired) electrons. The Kier molecular flexibility index (Phi) is 8.17. The molecule has 1 amide bonds. The van der Waals surface area contributed by atoms with Crippen LogP contribution in [0.1, 0.15) is 42.5 Å². The molecule has 2 aliphatic rings. The first-order valence-electron chi connectivity index (χ1n) is 8.13. The highest BCUT2D eigenvalue weighted by atomic mass is 35.5. The lowest BCUT2D eigenvalue weighted by Crippen LogP contribution is -2.38. The number of nitrogens with two attached hydrogens (primary N) is 1. The molecule has 0 spiro atoms. The van der Waals surface area contributed by atoms with Crippen LogP contribution in [0.4, 0.5) is 5.69 Å². The van der Waals surface area contributed by atoms with Gasteiger partial charge in [0.1, 0.15) is 0 Å². The van der Waals surface area contributed by atoms with Gasteiger partial charge in [-0.2, -0.15) is 0 Å². The fourth-order valence-electron chi connectivity index (χ4n) is 2.98. The second kappa shape index (κ2) is 9.36. The number of halogens is 2. The van der Waals surface area contributed by atoms with Gasteiger partial charge in [0, 0.05) is 36.9 Å². The van der Waals surface area contributed by atoms with Gasteiger partial charge in [0.05, 0.1) is 0 Å². The van der Waals surface area contributed by atoms with Crippen LogP contribution in [-0.2, 0) is 0 Å². The topological polar surface area (TPSA) is 58.4 Å². The second-order valence-corrected chi connectivity index (χ2v) is 6.31. The van der Waals surface area contributed by atoms with Gasteiger partial charge >= 0.3 is 0 Å². The van der Waals surface area contributed by atoms with Gasteiger partial charge in [-0.25, -0.2) is 0 Å². The summed E-state index contributed by atoms with van der Waals surface area (Å²) in [6, 6.07) is 8.06. The van der Waals surface area contributed by atoms with E-state index in [9.17, 15) is 4.79 Å². The Morgan fingerprint density at radius 3 is 2.30 bits per heavy atom. The number of nitrogens with zero attached hydrogens (tertiary/aromatic N) is 1. The van der Waals surface area contributed by atoms with Gasteiger partial charge < -0.3 is 16.0 Å². The molecule has 1 aromatic carbocycles. The first-order valence-corrected chi connectivity index (χ1v) is 8.13. The molecule has 0 bridgehead atoms. The fourth-order valence-corrected chi connectivity index (χ4v) is 2.98. The van der Waals surface area contributed by atoms with Crippen LogP contribution in [0.3, 0.4) is 0 Å². The molecule has 2 fully saturated rings. The van der Waals surface area contributed by atoms with Gasteiger partial charge in [0.15, 0.2) is 0 Å². The van der Waals surface area contributed by atoms with Crippen molar-refractivity contribution in [1.29, 1.82) is 0 Å². The third-order valence-corrected chi connectivity index (χ3v) is 4.58. The molecule has 1 unspecified atom stereocenters. The molecule has 1 saturated carbocycles. The lowest BCUT2D eigenvalue weighted by molar-refractivity contribution is 0.0950. The van der Waals surface area contributed by atoms with Crippen molar-refractivity contribution in [2.45, 2.75) is 38.1 Å². The Labute approximate surface area is 151 Å². The van der Waals surface area contributed by atoms with Crippen molar-refractivity contribution in [3.05, 3.63) is 29.8 Å². The van der Waals surface area contributed by atoms with Gasteiger partial charge in [-0.15, -0.1) is 24.8 Å².